The molecule has 0 saturated heterocycles. The molecule has 2 aromatic carbocycles. The predicted molar refractivity (Wildman–Crippen MR) is 97.0 cm³/mol. The number of carbonyl (C=O) groups excluding carboxylic acids is 1. The maximum Gasteiger partial charge on any atom is 0.344 e. The standard InChI is InChI=1S/C19H14O8/c1-7-11-13-12-8(18(21)26-15(13)9(6-20)14(7)24-3)5-10(23-2)16(25-4)17(12)27-19(11)22/h5-6H,1-4H3. The smallest absolute Gasteiger partial charge is 0.344 e. The Hall–Kier alpha value is -3.55. The SMILES string of the molecule is COc1cc2c(=O)oc3c(C=O)c(OC)c(C)c4c(=O)oc(c1OC)c2c34. The van der Waals surface area contributed by atoms with Crippen LogP contribution in [-0.4, -0.2) is 27.6 Å². The van der Waals surface area contributed by atoms with E-state index in [-0.39, 0.29) is 44.8 Å². The van der Waals surface area contributed by atoms with Crippen molar-refractivity contribution in [3.8, 4) is 17.2 Å². The zero-order chi connectivity index (χ0) is 19.5. The summed E-state index contributed by atoms with van der Waals surface area (Å²) in [6.45, 7) is 1.63. The van der Waals surface area contributed by atoms with Crippen LogP contribution < -0.4 is 25.5 Å². The molecule has 0 atom stereocenters. The Morgan fingerprint density at radius 1 is 0.852 bits per heavy atom. The van der Waals surface area contributed by atoms with E-state index in [1.807, 2.05) is 0 Å². The number of methoxy groups -OCH3 is 3. The van der Waals surface area contributed by atoms with Crippen molar-refractivity contribution in [1.29, 1.82) is 0 Å². The normalized spacial score (nSPS) is 11.4. The fraction of sp³-hybridized carbons (Fsp3) is 0.211. The van der Waals surface area contributed by atoms with Gasteiger partial charge in [0, 0.05) is 16.3 Å². The molecule has 4 rings (SSSR count). The number of rotatable bonds is 4. The second-order valence-corrected chi connectivity index (χ2v) is 5.91. The molecule has 0 aliphatic heterocycles. The Morgan fingerprint density at radius 3 is 2.11 bits per heavy atom. The molecule has 0 aliphatic rings. The van der Waals surface area contributed by atoms with Gasteiger partial charge in [-0.05, 0) is 13.0 Å². The summed E-state index contributed by atoms with van der Waals surface area (Å²) < 4.78 is 26.8. The van der Waals surface area contributed by atoms with E-state index >= 15 is 0 Å². The number of hydrogen-bond donors (Lipinski definition) is 0. The molecule has 8 nitrogen and oxygen atoms in total. The molecule has 0 bridgehead atoms. The van der Waals surface area contributed by atoms with Crippen molar-refractivity contribution in [2.24, 2.45) is 0 Å². The molecule has 8 heteroatoms. The number of aryl methyl sites for hydroxylation is 1. The van der Waals surface area contributed by atoms with E-state index in [4.69, 9.17) is 23.0 Å². The summed E-state index contributed by atoms with van der Waals surface area (Å²) in [5, 5.41) is 0.936. The van der Waals surface area contributed by atoms with Crippen LogP contribution in [0.2, 0.25) is 0 Å². The summed E-state index contributed by atoms with van der Waals surface area (Å²) in [6.07, 6.45) is 0.528. The van der Waals surface area contributed by atoms with Crippen LogP contribution in [0, 0.1) is 6.92 Å². The minimum Gasteiger partial charge on any atom is -0.496 e. The van der Waals surface area contributed by atoms with Crippen molar-refractivity contribution < 1.29 is 27.8 Å². The first-order chi connectivity index (χ1) is 13.0. The van der Waals surface area contributed by atoms with Crippen molar-refractivity contribution in [2.75, 3.05) is 21.3 Å². The molecule has 27 heavy (non-hydrogen) atoms. The van der Waals surface area contributed by atoms with Crippen LogP contribution in [-0.2, 0) is 0 Å². The fourth-order valence-electron chi connectivity index (χ4n) is 3.58. The zero-order valence-electron chi connectivity index (χ0n) is 14.9. The Kier molecular flexibility index (Phi) is 3.59. The van der Waals surface area contributed by atoms with Gasteiger partial charge in [0.2, 0.25) is 5.75 Å². The molecule has 0 saturated carbocycles. The second-order valence-electron chi connectivity index (χ2n) is 5.91. The van der Waals surface area contributed by atoms with Crippen molar-refractivity contribution in [3.05, 3.63) is 38.0 Å². The van der Waals surface area contributed by atoms with E-state index in [1.54, 1.807) is 6.92 Å². The number of carbonyl (C=O) groups is 1. The van der Waals surface area contributed by atoms with Gasteiger partial charge in [-0.15, -0.1) is 0 Å². The number of benzene rings is 2. The van der Waals surface area contributed by atoms with Crippen molar-refractivity contribution >= 4 is 39.0 Å². The minimum absolute atomic E-state index is 0.0370. The van der Waals surface area contributed by atoms with Crippen LogP contribution in [0.5, 0.6) is 17.2 Å². The van der Waals surface area contributed by atoms with Gasteiger partial charge >= 0.3 is 11.3 Å². The van der Waals surface area contributed by atoms with Crippen LogP contribution in [0.25, 0.3) is 32.7 Å². The third-order valence-electron chi connectivity index (χ3n) is 4.69. The minimum atomic E-state index is -0.711. The van der Waals surface area contributed by atoms with Gasteiger partial charge in [0.1, 0.15) is 11.3 Å². The summed E-state index contributed by atoms with van der Waals surface area (Å²) in [5.41, 5.74) is -0.926. The number of aldehydes is 1. The van der Waals surface area contributed by atoms with Gasteiger partial charge in [-0.2, -0.15) is 0 Å². The first-order valence-corrected chi connectivity index (χ1v) is 7.91. The summed E-state index contributed by atoms with van der Waals surface area (Å²) >= 11 is 0. The van der Waals surface area contributed by atoms with Crippen molar-refractivity contribution in [1.82, 2.24) is 0 Å². The summed E-state index contributed by atoms with van der Waals surface area (Å²) in [5.74, 6) is 0.525. The van der Waals surface area contributed by atoms with Crippen molar-refractivity contribution in [3.63, 3.8) is 0 Å². The molecule has 0 radical (unpaired) electrons. The molecule has 0 spiro atoms. The summed E-state index contributed by atoms with van der Waals surface area (Å²) in [6, 6.07) is 1.45. The molecule has 0 fully saturated rings. The molecule has 0 aliphatic carbocycles. The van der Waals surface area contributed by atoms with Crippen molar-refractivity contribution in [2.45, 2.75) is 6.92 Å². The highest BCUT2D eigenvalue weighted by molar-refractivity contribution is 6.24. The lowest BCUT2D eigenvalue weighted by atomic mass is 9.96. The largest absolute Gasteiger partial charge is 0.496 e. The highest BCUT2D eigenvalue weighted by Gasteiger charge is 2.28. The van der Waals surface area contributed by atoms with Gasteiger partial charge in [-0.1, -0.05) is 0 Å². The Bertz CT molecular complexity index is 1340. The highest BCUT2D eigenvalue weighted by atomic mass is 16.5. The molecule has 2 heterocycles. The fourth-order valence-corrected chi connectivity index (χ4v) is 3.58. The van der Waals surface area contributed by atoms with E-state index in [1.165, 1.54) is 27.4 Å². The number of hydrogen-bond acceptors (Lipinski definition) is 8. The van der Waals surface area contributed by atoms with Crippen LogP contribution in [0.1, 0.15) is 15.9 Å². The first kappa shape index (κ1) is 16.9. The van der Waals surface area contributed by atoms with Gasteiger partial charge in [0.05, 0.1) is 32.1 Å². The van der Waals surface area contributed by atoms with Gasteiger partial charge in [-0.25, -0.2) is 9.59 Å². The van der Waals surface area contributed by atoms with Gasteiger partial charge in [-0.3, -0.25) is 4.79 Å². The van der Waals surface area contributed by atoms with Gasteiger partial charge < -0.3 is 23.0 Å². The van der Waals surface area contributed by atoms with E-state index < -0.39 is 11.3 Å². The maximum atomic E-state index is 12.8. The van der Waals surface area contributed by atoms with Crippen LogP contribution in [0.15, 0.2) is 24.5 Å². The lowest BCUT2D eigenvalue weighted by Gasteiger charge is -2.16. The monoisotopic (exact) mass is 370 g/mol. The quantitative estimate of drug-likeness (QED) is 0.307. The molecule has 0 unspecified atom stereocenters. The van der Waals surface area contributed by atoms with Crippen LogP contribution in [0.4, 0.5) is 0 Å². The van der Waals surface area contributed by atoms with E-state index in [0.29, 0.717) is 22.6 Å². The van der Waals surface area contributed by atoms with Crippen LogP contribution >= 0.6 is 0 Å². The lowest BCUT2D eigenvalue weighted by molar-refractivity contribution is 0.112. The van der Waals surface area contributed by atoms with E-state index in [9.17, 15) is 14.4 Å². The van der Waals surface area contributed by atoms with Crippen LogP contribution in [0.3, 0.4) is 0 Å². The molecule has 2 aromatic heterocycles. The summed E-state index contributed by atoms with van der Waals surface area (Å²) in [7, 11) is 4.15. The molecular formula is C19H14O8. The third-order valence-corrected chi connectivity index (χ3v) is 4.69. The van der Waals surface area contributed by atoms with E-state index in [2.05, 4.69) is 0 Å². The Balaban J connectivity index is 2.48. The van der Waals surface area contributed by atoms with E-state index in [0.717, 1.165) is 0 Å². The first-order valence-electron chi connectivity index (χ1n) is 7.91. The maximum absolute atomic E-state index is 12.8. The highest BCUT2D eigenvalue weighted by Crippen LogP contribution is 2.44. The molecule has 4 aromatic rings. The lowest BCUT2D eigenvalue weighted by Crippen LogP contribution is -2.11. The van der Waals surface area contributed by atoms with Gasteiger partial charge in [0.15, 0.2) is 23.2 Å². The Labute approximate surface area is 151 Å². The van der Waals surface area contributed by atoms with Gasteiger partial charge in [0.25, 0.3) is 0 Å². The topological polar surface area (TPSA) is 105 Å². The zero-order valence-corrected chi connectivity index (χ0v) is 14.9. The number of ether oxygens (including phenoxy) is 3. The molecule has 138 valence electrons. The molecular weight excluding hydrogens is 356 g/mol. The Morgan fingerprint density at radius 2 is 1.52 bits per heavy atom. The molecule has 0 N–H and O–H groups in total. The average molecular weight is 370 g/mol. The second kappa shape index (κ2) is 5.73. The average Bonchev–Trinajstić information content (AvgIpc) is 2.66. The summed E-state index contributed by atoms with van der Waals surface area (Å²) in [4.78, 5) is 37.1. The predicted octanol–water partition coefficient (Wildman–Crippen LogP) is 2.64. The molecule has 0 amide bonds. The third kappa shape index (κ3) is 2.00.